The molecule has 0 aliphatic carbocycles. The van der Waals surface area contributed by atoms with E-state index in [2.05, 4.69) is 12.2 Å². The zero-order valence-corrected chi connectivity index (χ0v) is 13.6. The van der Waals surface area contributed by atoms with Gasteiger partial charge < -0.3 is 19.7 Å². The molecule has 1 unspecified atom stereocenters. The van der Waals surface area contributed by atoms with Crippen molar-refractivity contribution in [1.29, 1.82) is 0 Å². The minimum atomic E-state index is -0.419. The molecule has 5 heteroatoms. The number of rotatable bonds is 5. The van der Waals surface area contributed by atoms with Gasteiger partial charge in [0.25, 0.3) is 0 Å². The summed E-state index contributed by atoms with van der Waals surface area (Å²) in [7, 11) is 1.73. The minimum Gasteiger partial charge on any atom is -0.444 e. The fourth-order valence-corrected chi connectivity index (χ4v) is 2.37. The van der Waals surface area contributed by atoms with Crippen LogP contribution in [0.1, 0.15) is 47.0 Å². The number of hydrogen-bond donors (Lipinski definition) is 1. The summed E-state index contributed by atoms with van der Waals surface area (Å²) >= 11 is 0. The first-order chi connectivity index (χ1) is 9.35. The van der Waals surface area contributed by atoms with Gasteiger partial charge in [-0.2, -0.15) is 0 Å². The molecule has 1 fully saturated rings. The lowest BCUT2D eigenvalue weighted by atomic mass is 10.0. The molecule has 0 aromatic carbocycles. The van der Waals surface area contributed by atoms with Crippen LogP contribution in [0.3, 0.4) is 0 Å². The van der Waals surface area contributed by atoms with Crippen molar-refractivity contribution in [2.45, 2.75) is 64.6 Å². The predicted molar refractivity (Wildman–Crippen MR) is 79.9 cm³/mol. The maximum atomic E-state index is 12.0. The first-order valence-electron chi connectivity index (χ1n) is 7.58. The Morgan fingerprint density at radius 2 is 1.95 bits per heavy atom. The molecule has 0 saturated carbocycles. The molecule has 1 saturated heterocycles. The van der Waals surface area contributed by atoms with Gasteiger partial charge in [-0.15, -0.1) is 0 Å². The number of methoxy groups -OCH3 is 1. The highest BCUT2D eigenvalue weighted by molar-refractivity contribution is 5.68. The fourth-order valence-electron chi connectivity index (χ4n) is 2.37. The molecule has 0 bridgehead atoms. The second-order valence-electron chi connectivity index (χ2n) is 6.47. The monoisotopic (exact) mass is 286 g/mol. The highest BCUT2D eigenvalue weighted by atomic mass is 16.6. The van der Waals surface area contributed by atoms with Crippen molar-refractivity contribution in [1.82, 2.24) is 10.2 Å². The first kappa shape index (κ1) is 17.2. The Morgan fingerprint density at radius 3 is 2.40 bits per heavy atom. The molecule has 1 aliphatic rings. The molecule has 118 valence electrons. The lowest BCUT2D eigenvalue weighted by Crippen LogP contribution is -2.49. The smallest absolute Gasteiger partial charge is 0.410 e. The van der Waals surface area contributed by atoms with E-state index in [1.54, 1.807) is 12.0 Å². The summed E-state index contributed by atoms with van der Waals surface area (Å²) in [4.78, 5) is 13.8. The minimum absolute atomic E-state index is 0.195. The van der Waals surface area contributed by atoms with Crippen molar-refractivity contribution in [3.05, 3.63) is 0 Å². The van der Waals surface area contributed by atoms with Gasteiger partial charge >= 0.3 is 6.09 Å². The van der Waals surface area contributed by atoms with E-state index in [1.165, 1.54) is 0 Å². The van der Waals surface area contributed by atoms with Gasteiger partial charge in [0.2, 0.25) is 0 Å². The van der Waals surface area contributed by atoms with E-state index >= 15 is 0 Å². The number of nitrogens with zero attached hydrogens (tertiary/aromatic N) is 1. The van der Waals surface area contributed by atoms with Gasteiger partial charge in [-0.05, 0) is 40.0 Å². The highest BCUT2D eigenvalue weighted by Crippen LogP contribution is 2.16. The van der Waals surface area contributed by atoms with Crippen molar-refractivity contribution in [3.63, 3.8) is 0 Å². The maximum absolute atomic E-state index is 12.0. The largest absolute Gasteiger partial charge is 0.444 e. The summed E-state index contributed by atoms with van der Waals surface area (Å²) in [6, 6.07) is 0.867. The van der Waals surface area contributed by atoms with Crippen LogP contribution in [-0.4, -0.2) is 55.5 Å². The highest BCUT2D eigenvalue weighted by Gasteiger charge is 2.27. The molecule has 5 nitrogen and oxygen atoms in total. The van der Waals surface area contributed by atoms with Crippen LogP contribution in [0.2, 0.25) is 0 Å². The number of carbonyl (C=O) groups is 1. The van der Waals surface area contributed by atoms with E-state index < -0.39 is 5.60 Å². The molecule has 1 aliphatic heterocycles. The van der Waals surface area contributed by atoms with Gasteiger partial charge in [0.1, 0.15) is 5.60 Å². The Bertz CT molecular complexity index is 294. The van der Waals surface area contributed by atoms with E-state index in [1.807, 2.05) is 20.8 Å². The van der Waals surface area contributed by atoms with Gasteiger partial charge in [0.15, 0.2) is 0 Å². The van der Waals surface area contributed by atoms with Gasteiger partial charge in [-0.25, -0.2) is 4.79 Å². The predicted octanol–water partition coefficient (Wildman–Crippen LogP) is 2.40. The number of amides is 1. The van der Waals surface area contributed by atoms with Crippen molar-refractivity contribution in [2.24, 2.45) is 0 Å². The zero-order chi connectivity index (χ0) is 15.2. The number of likely N-dealkylation sites (tertiary alicyclic amines) is 1. The van der Waals surface area contributed by atoms with E-state index in [9.17, 15) is 4.79 Å². The van der Waals surface area contributed by atoms with Crippen LogP contribution in [0.5, 0.6) is 0 Å². The summed E-state index contributed by atoms with van der Waals surface area (Å²) in [6.45, 7) is 10.1. The molecule has 0 radical (unpaired) electrons. The topological polar surface area (TPSA) is 50.8 Å². The standard InChI is InChI=1S/C15H30N2O3/c1-6-12(11-19-5)16-13-7-9-17(10-8-13)14(18)20-15(2,3)4/h12-13,16H,6-11H2,1-5H3. The molecule has 20 heavy (non-hydrogen) atoms. The van der Waals surface area contributed by atoms with Gasteiger partial charge in [0.05, 0.1) is 6.61 Å². The number of carbonyl (C=O) groups excluding carboxylic acids is 1. The second-order valence-corrected chi connectivity index (χ2v) is 6.47. The fraction of sp³-hybridized carbons (Fsp3) is 0.933. The summed E-state index contributed by atoms with van der Waals surface area (Å²) in [5.41, 5.74) is -0.419. The Hall–Kier alpha value is -0.810. The third-order valence-electron chi connectivity index (χ3n) is 3.48. The summed E-state index contributed by atoms with van der Waals surface area (Å²) in [5.74, 6) is 0. The number of ether oxygens (including phenoxy) is 2. The Morgan fingerprint density at radius 1 is 1.35 bits per heavy atom. The lowest BCUT2D eigenvalue weighted by molar-refractivity contribution is 0.0192. The van der Waals surface area contributed by atoms with Crippen molar-refractivity contribution >= 4 is 6.09 Å². The lowest BCUT2D eigenvalue weighted by Gasteiger charge is -2.35. The third kappa shape index (κ3) is 6.09. The van der Waals surface area contributed by atoms with Crippen LogP contribution < -0.4 is 5.32 Å². The van der Waals surface area contributed by atoms with Crippen LogP contribution in [-0.2, 0) is 9.47 Å². The van der Waals surface area contributed by atoms with Crippen molar-refractivity contribution in [2.75, 3.05) is 26.8 Å². The van der Waals surface area contributed by atoms with Gasteiger partial charge in [-0.3, -0.25) is 0 Å². The van der Waals surface area contributed by atoms with Gasteiger partial charge in [-0.1, -0.05) is 6.92 Å². The van der Waals surface area contributed by atoms with E-state index in [-0.39, 0.29) is 6.09 Å². The zero-order valence-electron chi connectivity index (χ0n) is 13.6. The molecule has 1 amide bonds. The van der Waals surface area contributed by atoms with Crippen LogP contribution in [0.25, 0.3) is 0 Å². The second kappa shape index (κ2) is 7.84. The first-order valence-corrected chi connectivity index (χ1v) is 7.58. The SMILES string of the molecule is CCC(COC)NC1CCN(C(=O)OC(C)(C)C)CC1. The average molecular weight is 286 g/mol. The van der Waals surface area contributed by atoms with Crippen LogP contribution >= 0.6 is 0 Å². The summed E-state index contributed by atoms with van der Waals surface area (Å²) in [6.07, 6.45) is 2.80. The average Bonchev–Trinajstić information content (AvgIpc) is 2.37. The molecule has 1 heterocycles. The normalized spacial score (nSPS) is 18.9. The molecular formula is C15H30N2O3. The molecule has 1 rings (SSSR count). The maximum Gasteiger partial charge on any atom is 0.410 e. The Kier molecular flexibility index (Phi) is 6.76. The quantitative estimate of drug-likeness (QED) is 0.843. The van der Waals surface area contributed by atoms with E-state index in [0.717, 1.165) is 39.0 Å². The Labute approximate surface area is 123 Å². The van der Waals surface area contributed by atoms with E-state index in [0.29, 0.717) is 12.1 Å². The molecule has 1 N–H and O–H groups in total. The molecule has 0 spiro atoms. The van der Waals surface area contributed by atoms with Crippen molar-refractivity contribution < 1.29 is 14.3 Å². The summed E-state index contributed by atoms with van der Waals surface area (Å²) < 4.78 is 10.6. The number of hydrogen-bond acceptors (Lipinski definition) is 4. The molecule has 1 atom stereocenters. The third-order valence-corrected chi connectivity index (χ3v) is 3.48. The molecule has 0 aromatic rings. The van der Waals surface area contributed by atoms with E-state index in [4.69, 9.17) is 9.47 Å². The Balaban J connectivity index is 2.34. The summed E-state index contributed by atoms with van der Waals surface area (Å²) in [5, 5.41) is 3.61. The molecule has 0 aromatic heterocycles. The number of piperidine rings is 1. The number of nitrogens with one attached hydrogen (secondary N) is 1. The van der Waals surface area contributed by atoms with Crippen LogP contribution in [0.4, 0.5) is 4.79 Å². The molecular weight excluding hydrogens is 256 g/mol. The van der Waals surface area contributed by atoms with Crippen molar-refractivity contribution in [3.8, 4) is 0 Å². The van der Waals surface area contributed by atoms with Gasteiger partial charge in [0, 0.05) is 32.3 Å². The van der Waals surface area contributed by atoms with Crippen LogP contribution in [0.15, 0.2) is 0 Å². The van der Waals surface area contributed by atoms with Crippen LogP contribution in [0, 0.1) is 0 Å².